The topological polar surface area (TPSA) is 46.3 Å². The maximum absolute atomic E-state index is 12.7. The summed E-state index contributed by atoms with van der Waals surface area (Å²) in [6.07, 6.45) is 2.36. The first-order valence-corrected chi connectivity index (χ1v) is 8.38. The minimum Gasteiger partial charge on any atom is -0.336 e. The highest BCUT2D eigenvalue weighted by Gasteiger charge is 2.30. The fraction of sp³-hybridized carbons (Fsp3) is 0.316. The predicted octanol–water partition coefficient (Wildman–Crippen LogP) is 4.09. The highest BCUT2D eigenvalue weighted by molar-refractivity contribution is 6.30. The van der Waals surface area contributed by atoms with Gasteiger partial charge < -0.3 is 10.6 Å². The first-order chi connectivity index (χ1) is 11.1. The van der Waals surface area contributed by atoms with Crippen LogP contribution in [-0.2, 0) is 4.79 Å². The van der Waals surface area contributed by atoms with E-state index in [1.54, 1.807) is 0 Å². The molecule has 1 saturated heterocycles. The summed E-state index contributed by atoms with van der Waals surface area (Å²) in [4.78, 5) is 14.7. The van der Waals surface area contributed by atoms with E-state index in [2.05, 4.69) is 0 Å². The molecule has 2 atom stereocenters. The van der Waals surface area contributed by atoms with Crippen LogP contribution >= 0.6 is 11.6 Å². The molecule has 2 unspecified atom stereocenters. The SMILES string of the molecule is NC(CC(=O)N1CCCC1c1ccc(Cl)cc1)c1ccccc1. The number of benzene rings is 2. The fourth-order valence-corrected chi connectivity index (χ4v) is 3.35. The van der Waals surface area contributed by atoms with Gasteiger partial charge in [0, 0.05) is 24.0 Å². The van der Waals surface area contributed by atoms with Crippen LogP contribution in [0.2, 0.25) is 5.02 Å². The Balaban J connectivity index is 1.69. The molecule has 1 aliphatic rings. The van der Waals surface area contributed by atoms with Crippen LogP contribution in [-0.4, -0.2) is 17.4 Å². The molecule has 0 spiro atoms. The second kappa shape index (κ2) is 7.16. The van der Waals surface area contributed by atoms with Crippen LogP contribution < -0.4 is 5.73 Å². The number of hydrogen-bond acceptors (Lipinski definition) is 2. The third kappa shape index (κ3) is 3.74. The molecule has 0 saturated carbocycles. The zero-order valence-corrected chi connectivity index (χ0v) is 13.7. The van der Waals surface area contributed by atoms with Crippen LogP contribution in [0.15, 0.2) is 54.6 Å². The van der Waals surface area contributed by atoms with Crippen LogP contribution in [0.25, 0.3) is 0 Å². The second-order valence-corrected chi connectivity index (χ2v) is 6.45. The molecular formula is C19H21ClN2O. The molecule has 0 bridgehead atoms. The Morgan fingerprint density at radius 1 is 1.17 bits per heavy atom. The number of nitrogens with two attached hydrogens (primary N) is 1. The molecule has 1 amide bonds. The molecule has 0 aromatic heterocycles. The van der Waals surface area contributed by atoms with Gasteiger partial charge in [0.1, 0.15) is 0 Å². The second-order valence-electron chi connectivity index (χ2n) is 6.02. The highest BCUT2D eigenvalue weighted by atomic mass is 35.5. The Bertz CT molecular complexity index is 657. The van der Waals surface area contributed by atoms with E-state index in [1.165, 1.54) is 0 Å². The lowest BCUT2D eigenvalue weighted by Crippen LogP contribution is -2.32. The molecule has 2 N–H and O–H groups in total. The third-order valence-electron chi connectivity index (χ3n) is 4.45. The maximum Gasteiger partial charge on any atom is 0.224 e. The normalized spacial score (nSPS) is 18.9. The Morgan fingerprint density at radius 3 is 2.57 bits per heavy atom. The summed E-state index contributed by atoms with van der Waals surface area (Å²) in [6.45, 7) is 0.799. The molecule has 3 rings (SSSR count). The number of halogens is 1. The highest BCUT2D eigenvalue weighted by Crippen LogP contribution is 2.33. The lowest BCUT2D eigenvalue weighted by Gasteiger charge is -2.26. The molecule has 1 heterocycles. The lowest BCUT2D eigenvalue weighted by atomic mass is 10.0. The maximum atomic E-state index is 12.7. The summed E-state index contributed by atoms with van der Waals surface area (Å²) in [7, 11) is 0. The summed E-state index contributed by atoms with van der Waals surface area (Å²) in [6, 6.07) is 17.5. The molecule has 2 aromatic rings. The Kier molecular flexibility index (Phi) is 4.99. The first-order valence-electron chi connectivity index (χ1n) is 8.00. The van der Waals surface area contributed by atoms with E-state index in [0.717, 1.165) is 35.5 Å². The standard InChI is InChI=1S/C19H21ClN2O/c20-16-10-8-15(9-11-16)18-7-4-12-22(18)19(23)13-17(21)14-5-2-1-3-6-14/h1-3,5-6,8-11,17-18H,4,7,12-13,21H2. The summed E-state index contributed by atoms with van der Waals surface area (Å²) in [5.74, 6) is 0.124. The minimum absolute atomic E-state index is 0.124. The zero-order valence-electron chi connectivity index (χ0n) is 13.0. The quantitative estimate of drug-likeness (QED) is 0.918. The van der Waals surface area contributed by atoms with E-state index in [0.29, 0.717) is 6.42 Å². The van der Waals surface area contributed by atoms with Crippen molar-refractivity contribution >= 4 is 17.5 Å². The number of nitrogens with zero attached hydrogens (tertiary/aromatic N) is 1. The number of likely N-dealkylation sites (tertiary alicyclic amines) is 1. The van der Waals surface area contributed by atoms with Crippen molar-refractivity contribution < 1.29 is 4.79 Å². The third-order valence-corrected chi connectivity index (χ3v) is 4.70. The molecule has 1 aliphatic heterocycles. The molecule has 1 fully saturated rings. The van der Waals surface area contributed by atoms with E-state index < -0.39 is 0 Å². The van der Waals surface area contributed by atoms with E-state index in [1.807, 2.05) is 59.5 Å². The van der Waals surface area contributed by atoms with E-state index in [4.69, 9.17) is 17.3 Å². The van der Waals surface area contributed by atoms with Gasteiger partial charge in [-0.1, -0.05) is 54.1 Å². The van der Waals surface area contributed by atoms with Gasteiger partial charge in [0.25, 0.3) is 0 Å². The summed E-state index contributed by atoms with van der Waals surface area (Å²) in [5, 5.41) is 0.718. The van der Waals surface area contributed by atoms with Crippen LogP contribution in [0, 0.1) is 0 Å². The largest absolute Gasteiger partial charge is 0.336 e. The van der Waals surface area contributed by atoms with Gasteiger partial charge in [0.15, 0.2) is 0 Å². The Hall–Kier alpha value is -1.84. The molecule has 0 aliphatic carbocycles. The molecule has 4 heteroatoms. The van der Waals surface area contributed by atoms with Crippen molar-refractivity contribution in [3.05, 3.63) is 70.7 Å². The van der Waals surface area contributed by atoms with Crippen molar-refractivity contribution in [2.24, 2.45) is 5.73 Å². The van der Waals surface area contributed by atoms with Crippen LogP contribution in [0.1, 0.15) is 42.5 Å². The van der Waals surface area contributed by atoms with Crippen molar-refractivity contribution in [3.63, 3.8) is 0 Å². The van der Waals surface area contributed by atoms with Crippen LogP contribution in [0.5, 0.6) is 0 Å². The van der Waals surface area contributed by atoms with Crippen molar-refractivity contribution in [2.45, 2.75) is 31.3 Å². The Morgan fingerprint density at radius 2 is 1.87 bits per heavy atom. The van der Waals surface area contributed by atoms with Crippen molar-refractivity contribution in [1.29, 1.82) is 0 Å². The fourth-order valence-electron chi connectivity index (χ4n) is 3.22. The van der Waals surface area contributed by atoms with Gasteiger partial charge in [-0.2, -0.15) is 0 Å². The number of carbonyl (C=O) groups excluding carboxylic acids is 1. The first kappa shape index (κ1) is 16.0. The van der Waals surface area contributed by atoms with E-state index in [9.17, 15) is 4.79 Å². The van der Waals surface area contributed by atoms with Crippen molar-refractivity contribution in [1.82, 2.24) is 4.90 Å². The molecule has 120 valence electrons. The monoisotopic (exact) mass is 328 g/mol. The van der Waals surface area contributed by atoms with Crippen LogP contribution in [0.3, 0.4) is 0 Å². The molecule has 2 aromatic carbocycles. The van der Waals surface area contributed by atoms with Crippen LogP contribution in [0.4, 0.5) is 0 Å². The molecule has 23 heavy (non-hydrogen) atoms. The minimum atomic E-state index is -0.254. The number of amides is 1. The average molecular weight is 329 g/mol. The van der Waals surface area contributed by atoms with Crippen molar-refractivity contribution in [2.75, 3.05) is 6.54 Å². The smallest absolute Gasteiger partial charge is 0.224 e. The number of rotatable bonds is 4. The zero-order chi connectivity index (χ0) is 16.2. The summed E-state index contributed by atoms with van der Waals surface area (Å²) < 4.78 is 0. The Labute approximate surface area is 142 Å². The predicted molar refractivity (Wildman–Crippen MR) is 93.1 cm³/mol. The van der Waals surface area contributed by atoms with Crippen molar-refractivity contribution in [3.8, 4) is 0 Å². The molecule has 3 nitrogen and oxygen atoms in total. The van der Waals surface area contributed by atoms with Gasteiger partial charge in [-0.3, -0.25) is 4.79 Å². The van der Waals surface area contributed by atoms with E-state index >= 15 is 0 Å². The average Bonchev–Trinajstić information content (AvgIpc) is 3.06. The number of hydrogen-bond donors (Lipinski definition) is 1. The number of carbonyl (C=O) groups is 1. The summed E-state index contributed by atoms with van der Waals surface area (Å²) >= 11 is 5.96. The molecule has 0 radical (unpaired) electrons. The lowest BCUT2D eigenvalue weighted by molar-refractivity contribution is -0.132. The molecular weight excluding hydrogens is 308 g/mol. The van der Waals surface area contributed by atoms with E-state index in [-0.39, 0.29) is 18.0 Å². The van der Waals surface area contributed by atoms with Gasteiger partial charge >= 0.3 is 0 Å². The van der Waals surface area contributed by atoms with Gasteiger partial charge in [-0.25, -0.2) is 0 Å². The van der Waals surface area contributed by atoms with Gasteiger partial charge in [-0.05, 0) is 36.1 Å². The summed E-state index contributed by atoms with van der Waals surface area (Å²) in [5.41, 5.74) is 8.35. The van der Waals surface area contributed by atoms with Gasteiger partial charge in [0.2, 0.25) is 5.91 Å². The van der Waals surface area contributed by atoms with Gasteiger partial charge in [-0.15, -0.1) is 0 Å². The van der Waals surface area contributed by atoms with Gasteiger partial charge in [0.05, 0.1) is 6.04 Å².